The molecule has 1 aromatic carbocycles. The second-order valence-electron chi connectivity index (χ2n) is 7.81. The molecule has 1 atom stereocenters. The number of nitrogens with one attached hydrogen (secondary N) is 1. The Labute approximate surface area is 186 Å². The molecule has 1 N–H and O–H groups in total. The summed E-state index contributed by atoms with van der Waals surface area (Å²) >= 11 is 12.0. The predicted molar refractivity (Wildman–Crippen MR) is 119 cm³/mol. The third-order valence-electron chi connectivity index (χ3n) is 5.69. The molecule has 2 amide bonds. The molecule has 0 unspecified atom stereocenters. The molecule has 158 valence electrons. The van der Waals surface area contributed by atoms with Gasteiger partial charge in [0.25, 0.3) is 5.91 Å². The van der Waals surface area contributed by atoms with Gasteiger partial charge in [-0.25, -0.2) is 4.98 Å². The topological polar surface area (TPSA) is 65.5 Å². The van der Waals surface area contributed by atoms with Gasteiger partial charge in [0.15, 0.2) is 0 Å². The number of aromatic nitrogens is 1. The number of piperidine rings is 1. The zero-order valence-corrected chi connectivity index (χ0v) is 18.1. The number of anilines is 2. The second kappa shape index (κ2) is 9.23. The monoisotopic (exact) mass is 446 g/mol. The number of carbonyl (C=O) groups is 2. The van der Waals surface area contributed by atoms with E-state index < -0.39 is 0 Å². The van der Waals surface area contributed by atoms with Gasteiger partial charge in [-0.2, -0.15) is 0 Å². The maximum Gasteiger partial charge on any atom is 0.253 e. The van der Waals surface area contributed by atoms with Gasteiger partial charge in [0.2, 0.25) is 5.91 Å². The lowest BCUT2D eigenvalue weighted by atomic mass is 9.96. The smallest absolute Gasteiger partial charge is 0.253 e. The van der Waals surface area contributed by atoms with Crippen molar-refractivity contribution in [2.45, 2.75) is 25.7 Å². The van der Waals surface area contributed by atoms with Crippen LogP contribution in [0, 0.1) is 5.92 Å². The van der Waals surface area contributed by atoms with Crippen LogP contribution in [0.3, 0.4) is 0 Å². The van der Waals surface area contributed by atoms with Crippen LogP contribution < -0.4 is 10.2 Å². The van der Waals surface area contributed by atoms with Gasteiger partial charge in [-0.05, 0) is 56.0 Å². The van der Waals surface area contributed by atoms with E-state index in [9.17, 15) is 9.59 Å². The van der Waals surface area contributed by atoms with E-state index in [0.29, 0.717) is 34.4 Å². The first-order valence-electron chi connectivity index (χ1n) is 10.3. The summed E-state index contributed by atoms with van der Waals surface area (Å²) in [6, 6.07) is 8.68. The summed E-state index contributed by atoms with van der Waals surface area (Å²) in [5.74, 6) is 0.463. The lowest BCUT2D eigenvalue weighted by Gasteiger charge is -2.32. The minimum atomic E-state index is -0.260. The largest absolute Gasteiger partial charge is 0.357 e. The fourth-order valence-electron chi connectivity index (χ4n) is 4.02. The summed E-state index contributed by atoms with van der Waals surface area (Å²) in [6.07, 6.45) is 5.61. The van der Waals surface area contributed by atoms with Crippen molar-refractivity contribution in [2.75, 3.05) is 36.4 Å². The Morgan fingerprint density at radius 1 is 1.00 bits per heavy atom. The van der Waals surface area contributed by atoms with Crippen LogP contribution in [0.4, 0.5) is 11.5 Å². The minimum Gasteiger partial charge on any atom is -0.357 e. The lowest BCUT2D eigenvalue weighted by Crippen LogP contribution is -2.43. The summed E-state index contributed by atoms with van der Waals surface area (Å²) in [6.45, 7) is 3.06. The number of benzene rings is 1. The zero-order chi connectivity index (χ0) is 21.1. The number of hydrogen-bond acceptors (Lipinski definition) is 4. The molecule has 0 saturated carbocycles. The number of likely N-dealkylation sites (tertiary alicyclic amines) is 1. The molecular weight excluding hydrogens is 423 g/mol. The zero-order valence-electron chi connectivity index (χ0n) is 16.6. The van der Waals surface area contributed by atoms with Crippen LogP contribution in [-0.4, -0.2) is 47.9 Å². The van der Waals surface area contributed by atoms with Crippen molar-refractivity contribution in [3.8, 4) is 0 Å². The van der Waals surface area contributed by atoms with Gasteiger partial charge in [-0.1, -0.05) is 23.2 Å². The highest BCUT2D eigenvalue weighted by Crippen LogP contribution is 2.26. The normalized spacial score (nSPS) is 19.1. The summed E-state index contributed by atoms with van der Waals surface area (Å²) in [7, 11) is 0. The SMILES string of the molecule is O=C(Nc1ccc(N2CCCC2)nc1)[C@@H]1CCCN(C(=O)c2ccc(Cl)c(Cl)c2)C1. The van der Waals surface area contributed by atoms with Crippen LogP contribution in [0.2, 0.25) is 10.0 Å². The average molecular weight is 447 g/mol. The molecule has 2 fully saturated rings. The van der Waals surface area contributed by atoms with Gasteiger partial charge in [-0.15, -0.1) is 0 Å². The molecule has 2 aliphatic rings. The molecule has 0 spiro atoms. The number of amides is 2. The highest BCUT2D eigenvalue weighted by molar-refractivity contribution is 6.42. The lowest BCUT2D eigenvalue weighted by molar-refractivity contribution is -0.121. The molecule has 4 rings (SSSR count). The predicted octanol–water partition coefficient (Wildman–Crippen LogP) is 4.48. The molecule has 0 aliphatic carbocycles. The Balaban J connectivity index is 1.37. The first-order valence-corrected chi connectivity index (χ1v) is 11.0. The molecule has 8 heteroatoms. The average Bonchev–Trinajstić information content (AvgIpc) is 3.31. The van der Waals surface area contributed by atoms with Crippen LogP contribution in [0.1, 0.15) is 36.0 Å². The number of nitrogens with zero attached hydrogens (tertiary/aromatic N) is 3. The molecule has 2 saturated heterocycles. The van der Waals surface area contributed by atoms with Crippen molar-refractivity contribution in [3.63, 3.8) is 0 Å². The first-order chi connectivity index (χ1) is 14.5. The van der Waals surface area contributed by atoms with E-state index in [0.717, 1.165) is 31.7 Å². The van der Waals surface area contributed by atoms with Crippen LogP contribution in [0.15, 0.2) is 36.5 Å². The van der Waals surface area contributed by atoms with Crippen molar-refractivity contribution in [2.24, 2.45) is 5.92 Å². The second-order valence-corrected chi connectivity index (χ2v) is 8.62. The first kappa shape index (κ1) is 20.9. The molecule has 0 radical (unpaired) electrons. The van der Waals surface area contributed by atoms with E-state index in [1.165, 1.54) is 12.8 Å². The van der Waals surface area contributed by atoms with E-state index >= 15 is 0 Å². The van der Waals surface area contributed by atoms with Crippen molar-refractivity contribution in [1.29, 1.82) is 0 Å². The molecule has 6 nitrogen and oxygen atoms in total. The fourth-order valence-corrected chi connectivity index (χ4v) is 4.32. The quantitative estimate of drug-likeness (QED) is 0.751. The summed E-state index contributed by atoms with van der Waals surface area (Å²) in [5.41, 5.74) is 1.16. The minimum absolute atomic E-state index is 0.0858. The van der Waals surface area contributed by atoms with Crippen molar-refractivity contribution in [3.05, 3.63) is 52.1 Å². The Kier molecular flexibility index (Phi) is 6.44. The molecule has 2 aliphatic heterocycles. The van der Waals surface area contributed by atoms with E-state index in [1.807, 2.05) is 12.1 Å². The number of rotatable bonds is 4. The molecule has 1 aromatic heterocycles. The van der Waals surface area contributed by atoms with Crippen LogP contribution in [0.5, 0.6) is 0 Å². The van der Waals surface area contributed by atoms with Crippen molar-refractivity contribution < 1.29 is 9.59 Å². The van der Waals surface area contributed by atoms with Gasteiger partial charge >= 0.3 is 0 Å². The van der Waals surface area contributed by atoms with Crippen molar-refractivity contribution >= 4 is 46.5 Å². The Morgan fingerprint density at radius 2 is 1.80 bits per heavy atom. The van der Waals surface area contributed by atoms with Gasteiger partial charge < -0.3 is 15.1 Å². The summed E-state index contributed by atoms with van der Waals surface area (Å²) in [5, 5.41) is 3.71. The number of pyridine rings is 1. The van der Waals surface area contributed by atoms with E-state index in [4.69, 9.17) is 23.2 Å². The Hall–Kier alpha value is -2.31. The molecule has 2 aromatic rings. The van der Waals surface area contributed by atoms with Gasteiger partial charge in [-0.3, -0.25) is 9.59 Å². The summed E-state index contributed by atoms with van der Waals surface area (Å²) in [4.78, 5) is 34.1. The van der Waals surface area contributed by atoms with Crippen molar-refractivity contribution in [1.82, 2.24) is 9.88 Å². The van der Waals surface area contributed by atoms with Gasteiger partial charge in [0.1, 0.15) is 5.82 Å². The molecule has 3 heterocycles. The number of halogens is 2. The van der Waals surface area contributed by atoms with Crippen LogP contribution in [0.25, 0.3) is 0 Å². The van der Waals surface area contributed by atoms with Crippen LogP contribution >= 0.6 is 23.2 Å². The van der Waals surface area contributed by atoms with E-state index in [2.05, 4.69) is 15.2 Å². The van der Waals surface area contributed by atoms with Gasteiger partial charge in [0.05, 0.1) is 27.8 Å². The fraction of sp³-hybridized carbons (Fsp3) is 0.409. The summed E-state index contributed by atoms with van der Waals surface area (Å²) < 4.78 is 0. The Morgan fingerprint density at radius 3 is 2.50 bits per heavy atom. The number of carbonyl (C=O) groups excluding carboxylic acids is 2. The number of hydrogen-bond donors (Lipinski definition) is 1. The van der Waals surface area contributed by atoms with E-state index in [1.54, 1.807) is 29.3 Å². The Bertz CT molecular complexity index is 929. The maximum absolute atomic E-state index is 12.8. The third kappa shape index (κ3) is 4.71. The maximum atomic E-state index is 12.8. The third-order valence-corrected chi connectivity index (χ3v) is 6.43. The standard InChI is InChI=1S/C22H24Cl2N4O2/c23-18-7-5-15(12-19(18)24)22(30)28-11-3-4-16(14-28)21(29)26-17-6-8-20(25-13-17)27-9-1-2-10-27/h5-8,12-13,16H,1-4,9-11,14H2,(H,26,29)/t16-/m1/s1. The van der Waals surface area contributed by atoms with Crippen LogP contribution in [-0.2, 0) is 4.79 Å². The highest BCUT2D eigenvalue weighted by Gasteiger charge is 2.29. The van der Waals surface area contributed by atoms with Gasteiger partial charge in [0, 0.05) is 31.7 Å². The molecule has 0 bridgehead atoms. The molecule has 30 heavy (non-hydrogen) atoms. The highest BCUT2D eigenvalue weighted by atomic mass is 35.5. The van der Waals surface area contributed by atoms with E-state index in [-0.39, 0.29) is 17.7 Å². The molecular formula is C22H24Cl2N4O2.